The van der Waals surface area contributed by atoms with Crippen molar-refractivity contribution in [3.8, 4) is 0 Å². The Balaban J connectivity index is 1.87. The number of aliphatic carboxylic acids is 1. The van der Waals surface area contributed by atoms with Gasteiger partial charge in [0.25, 0.3) is 5.91 Å². The maximum atomic E-state index is 12.3. The van der Waals surface area contributed by atoms with E-state index in [1.54, 1.807) is 4.90 Å². The Labute approximate surface area is 111 Å². The number of nitrogens with zero attached hydrogens (tertiary/aromatic N) is 1. The minimum atomic E-state index is -0.917. The standard InChI is InChI=1S/C12H20N2O5/c13-6-8-1-2-10(19-8)12(17)14-3-4-18-9(7-14)5-11(15)16/h8-10H,1-7,13H2,(H,15,16). The molecule has 0 aromatic rings. The summed E-state index contributed by atoms with van der Waals surface area (Å²) in [6, 6.07) is 0. The summed E-state index contributed by atoms with van der Waals surface area (Å²) in [5, 5.41) is 8.75. The van der Waals surface area contributed by atoms with Crippen LogP contribution in [-0.4, -0.2) is 66.4 Å². The molecule has 2 fully saturated rings. The summed E-state index contributed by atoms with van der Waals surface area (Å²) in [4.78, 5) is 24.5. The first-order chi connectivity index (χ1) is 9.10. The minimum Gasteiger partial charge on any atom is -0.481 e. The van der Waals surface area contributed by atoms with Gasteiger partial charge in [-0.15, -0.1) is 0 Å². The molecule has 0 radical (unpaired) electrons. The van der Waals surface area contributed by atoms with Crippen LogP contribution in [0.2, 0.25) is 0 Å². The lowest BCUT2D eigenvalue weighted by atomic mass is 10.1. The largest absolute Gasteiger partial charge is 0.481 e. The minimum absolute atomic E-state index is 0.0372. The van der Waals surface area contributed by atoms with E-state index in [2.05, 4.69) is 0 Å². The van der Waals surface area contributed by atoms with Gasteiger partial charge in [0.15, 0.2) is 0 Å². The molecule has 0 aliphatic carbocycles. The van der Waals surface area contributed by atoms with Crippen molar-refractivity contribution < 1.29 is 24.2 Å². The molecule has 7 heteroatoms. The predicted octanol–water partition coefficient (Wildman–Crippen LogP) is -0.805. The summed E-state index contributed by atoms with van der Waals surface area (Å²) in [6.45, 7) is 1.60. The van der Waals surface area contributed by atoms with E-state index in [1.165, 1.54) is 0 Å². The van der Waals surface area contributed by atoms with Crippen molar-refractivity contribution in [1.82, 2.24) is 4.90 Å². The molecule has 2 aliphatic rings. The molecule has 1 amide bonds. The third kappa shape index (κ3) is 3.65. The molecule has 2 heterocycles. The quantitative estimate of drug-likeness (QED) is 0.694. The van der Waals surface area contributed by atoms with Crippen molar-refractivity contribution in [2.75, 3.05) is 26.2 Å². The summed E-state index contributed by atoms with van der Waals surface area (Å²) >= 11 is 0. The van der Waals surface area contributed by atoms with Crippen LogP contribution >= 0.6 is 0 Å². The van der Waals surface area contributed by atoms with Gasteiger partial charge in [-0.2, -0.15) is 0 Å². The number of carbonyl (C=O) groups is 2. The van der Waals surface area contributed by atoms with E-state index in [9.17, 15) is 9.59 Å². The lowest BCUT2D eigenvalue weighted by Gasteiger charge is -2.33. The van der Waals surface area contributed by atoms with Crippen molar-refractivity contribution in [1.29, 1.82) is 0 Å². The second kappa shape index (κ2) is 6.31. The molecule has 19 heavy (non-hydrogen) atoms. The zero-order valence-corrected chi connectivity index (χ0v) is 10.8. The van der Waals surface area contributed by atoms with Gasteiger partial charge in [0, 0.05) is 19.6 Å². The van der Waals surface area contributed by atoms with Crippen molar-refractivity contribution in [2.45, 2.75) is 37.6 Å². The first-order valence-electron chi connectivity index (χ1n) is 6.58. The monoisotopic (exact) mass is 272 g/mol. The number of hydrogen-bond acceptors (Lipinski definition) is 5. The summed E-state index contributed by atoms with van der Waals surface area (Å²) in [5.41, 5.74) is 5.52. The van der Waals surface area contributed by atoms with Gasteiger partial charge >= 0.3 is 5.97 Å². The molecule has 0 aromatic heterocycles. The fourth-order valence-electron chi connectivity index (χ4n) is 2.50. The van der Waals surface area contributed by atoms with E-state index in [4.69, 9.17) is 20.3 Å². The summed E-state index contributed by atoms with van der Waals surface area (Å²) in [6.07, 6.45) is 0.502. The molecule has 0 spiro atoms. The topological polar surface area (TPSA) is 102 Å². The Morgan fingerprint density at radius 2 is 2.11 bits per heavy atom. The number of carbonyl (C=O) groups excluding carboxylic acids is 1. The van der Waals surface area contributed by atoms with Crippen LogP contribution in [0, 0.1) is 0 Å². The van der Waals surface area contributed by atoms with Gasteiger partial charge in [0.05, 0.1) is 25.2 Å². The Hall–Kier alpha value is -1.18. The number of carboxylic acid groups (broad SMARTS) is 1. The Morgan fingerprint density at radius 1 is 1.32 bits per heavy atom. The molecule has 2 saturated heterocycles. The average molecular weight is 272 g/mol. The Bertz CT molecular complexity index is 349. The van der Waals surface area contributed by atoms with Crippen LogP contribution in [0.15, 0.2) is 0 Å². The van der Waals surface area contributed by atoms with Crippen molar-refractivity contribution in [3.63, 3.8) is 0 Å². The second-order valence-corrected chi connectivity index (χ2v) is 4.93. The normalized spacial score (nSPS) is 31.4. The van der Waals surface area contributed by atoms with E-state index in [1.807, 2.05) is 0 Å². The molecule has 0 saturated carbocycles. The Kier molecular flexibility index (Phi) is 4.73. The third-order valence-electron chi connectivity index (χ3n) is 3.50. The van der Waals surface area contributed by atoms with Crippen LogP contribution < -0.4 is 5.73 Å². The Morgan fingerprint density at radius 3 is 2.74 bits per heavy atom. The highest BCUT2D eigenvalue weighted by atomic mass is 16.5. The maximum Gasteiger partial charge on any atom is 0.306 e. The molecular weight excluding hydrogens is 252 g/mol. The molecule has 0 aromatic carbocycles. The van der Waals surface area contributed by atoms with Crippen molar-refractivity contribution in [3.05, 3.63) is 0 Å². The lowest BCUT2D eigenvalue weighted by molar-refractivity contribution is -0.154. The predicted molar refractivity (Wildman–Crippen MR) is 65.5 cm³/mol. The van der Waals surface area contributed by atoms with Crippen LogP contribution in [0.4, 0.5) is 0 Å². The summed E-state index contributed by atoms with van der Waals surface area (Å²) in [7, 11) is 0. The smallest absolute Gasteiger partial charge is 0.306 e. The zero-order chi connectivity index (χ0) is 13.8. The number of amides is 1. The molecule has 2 aliphatic heterocycles. The van der Waals surface area contributed by atoms with Crippen LogP contribution in [-0.2, 0) is 19.1 Å². The lowest BCUT2D eigenvalue weighted by Crippen LogP contribution is -2.49. The zero-order valence-electron chi connectivity index (χ0n) is 10.8. The maximum absolute atomic E-state index is 12.3. The van der Waals surface area contributed by atoms with Crippen LogP contribution in [0.1, 0.15) is 19.3 Å². The number of ether oxygens (including phenoxy) is 2. The van der Waals surface area contributed by atoms with Crippen LogP contribution in [0.25, 0.3) is 0 Å². The number of rotatable bonds is 4. The van der Waals surface area contributed by atoms with Crippen molar-refractivity contribution >= 4 is 11.9 Å². The van der Waals surface area contributed by atoms with E-state index in [0.717, 1.165) is 6.42 Å². The van der Waals surface area contributed by atoms with E-state index in [-0.39, 0.29) is 18.4 Å². The molecule has 108 valence electrons. The third-order valence-corrected chi connectivity index (χ3v) is 3.50. The van der Waals surface area contributed by atoms with Crippen molar-refractivity contribution in [2.24, 2.45) is 5.73 Å². The first kappa shape index (κ1) is 14.2. The molecule has 3 atom stereocenters. The first-order valence-corrected chi connectivity index (χ1v) is 6.58. The summed E-state index contributed by atoms with van der Waals surface area (Å²) < 4.78 is 10.9. The molecular formula is C12H20N2O5. The molecule has 2 rings (SSSR count). The highest BCUT2D eigenvalue weighted by Gasteiger charge is 2.35. The van der Waals surface area contributed by atoms with Gasteiger partial charge in [-0.1, -0.05) is 0 Å². The van der Waals surface area contributed by atoms with Gasteiger partial charge in [0.1, 0.15) is 6.10 Å². The van der Waals surface area contributed by atoms with Gasteiger partial charge in [0.2, 0.25) is 0 Å². The fourth-order valence-corrected chi connectivity index (χ4v) is 2.50. The SMILES string of the molecule is NCC1CCC(C(=O)N2CCOC(CC(=O)O)C2)O1. The second-order valence-electron chi connectivity index (χ2n) is 4.93. The van der Waals surface area contributed by atoms with E-state index >= 15 is 0 Å². The molecule has 0 bridgehead atoms. The highest BCUT2D eigenvalue weighted by molar-refractivity contribution is 5.81. The van der Waals surface area contributed by atoms with Gasteiger partial charge < -0.3 is 25.2 Å². The molecule has 3 N–H and O–H groups in total. The van der Waals surface area contributed by atoms with Gasteiger partial charge in [-0.05, 0) is 12.8 Å². The van der Waals surface area contributed by atoms with E-state index < -0.39 is 18.2 Å². The molecule has 7 nitrogen and oxygen atoms in total. The molecule has 3 unspecified atom stereocenters. The number of hydrogen-bond donors (Lipinski definition) is 2. The fraction of sp³-hybridized carbons (Fsp3) is 0.833. The summed E-state index contributed by atoms with van der Waals surface area (Å²) in [5.74, 6) is -0.991. The number of nitrogens with two attached hydrogens (primary N) is 1. The van der Waals surface area contributed by atoms with Crippen LogP contribution in [0.3, 0.4) is 0 Å². The number of carboxylic acids is 1. The van der Waals surface area contributed by atoms with Gasteiger partial charge in [-0.25, -0.2) is 0 Å². The number of morpholine rings is 1. The van der Waals surface area contributed by atoms with Crippen LogP contribution in [0.5, 0.6) is 0 Å². The van der Waals surface area contributed by atoms with Gasteiger partial charge in [-0.3, -0.25) is 9.59 Å². The van der Waals surface area contributed by atoms with E-state index in [0.29, 0.717) is 32.7 Å². The average Bonchev–Trinajstić information content (AvgIpc) is 2.86. The highest BCUT2D eigenvalue weighted by Crippen LogP contribution is 2.22.